The van der Waals surface area contributed by atoms with Gasteiger partial charge in [0.15, 0.2) is 0 Å². The molecule has 0 aliphatic carbocycles. The van der Waals surface area contributed by atoms with Crippen molar-refractivity contribution in [3.63, 3.8) is 0 Å². The van der Waals surface area contributed by atoms with Crippen LogP contribution in [0.5, 0.6) is 0 Å². The Morgan fingerprint density at radius 1 is 1.27 bits per heavy atom. The number of rotatable bonds is 5. The first-order valence-corrected chi connectivity index (χ1v) is 4.92. The monoisotopic (exact) mass is 215 g/mol. The summed E-state index contributed by atoms with van der Waals surface area (Å²) >= 11 is 0. The number of aliphatic hydroxyl groups excluding tert-OH is 1. The predicted octanol–water partition coefficient (Wildman–Crippen LogP) is 2.17. The first-order chi connectivity index (χ1) is 7.15. The van der Waals surface area contributed by atoms with Crippen LogP contribution in [0.15, 0.2) is 18.2 Å². The topological polar surface area (TPSA) is 23.5 Å². The molecule has 0 heterocycles. The summed E-state index contributed by atoms with van der Waals surface area (Å²) in [6, 6.07) is 3.39. The fourth-order valence-electron chi connectivity index (χ4n) is 1.36. The molecule has 1 N–H and O–H groups in total. The number of halogens is 2. The molecule has 0 fully saturated rings. The summed E-state index contributed by atoms with van der Waals surface area (Å²) < 4.78 is 26.1. The van der Waals surface area contributed by atoms with Crippen LogP contribution in [-0.4, -0.2) is 25.3 Å². The molecule has 4 heteroatoms. The highest BCUT2D eigenvalue weighted by molar-refractivity contribution is 5.47. The van der Waals surface area contributed by atoms with Crippen molar-refractivity contribution in [3.8, 4) is 0 Å². The first kappa shape index (κ1) is 11.9. The Morgan fingerprint density at radius 3 is 2.67 bits per heavy atom. The highest BCUT2D eigenvalue weighted by Gasteiger charge is 2.08. The van der Waals surface area contributed by atoms with Crippen LogP contribution < -0.4 is 4.90 Å². The Labute approximate surface area is 88.1 Å². The van der Waals surface area contributed by atoms with Crippen LogP contribution in [0.2, 0.25) is 0 Å². The van der Waals surface area contributed by atoms with E-state index in [1.54, 1.807) is 11.9 Å². The van der Waals surface area contributed by atoms with Crippen LogP contribution >= 0.6 is 0 Å². The van der Waals surface area contributed by atoms with Crippen molar-refractivity contribution < 1.29 is 13.9 Å². The van der Waals surface area contributed by atoms with Crippen LogP contribution in [-0.2, 0) is 0 Å². The fraction of sp³-hybridized carbons (Fsp3) is 0.455. The lowest BCUT2D eigenvalue weighted by Gasteiger charge is -2.19. The third-order valence-corrected chi connectivity index (χ3v) is 2.22. The number of hydrogen-bond acceptors (Lipinski definition) is 2. The fourth-order valence-corrected chi connectivity index (χ4v) is 1.36. The summed E-state index contributed by atoms with van der Waals surface area (Å²) in [5, 5.41) is 8.60. The molecule has 15 heavy (non-hydrogen) atoms. The molecule has 0 unspecified atom stereocenters. The minimum absolute atomic E-state index is 0.124. The maximum atomic E-state index is 13.3. The van der Waals surface area contributed by atoms with Crippen molar-refractivity contribution in [2.45, 2.75) is 12.8 Å². The van der Waals surface area contributed by atoms with Crippen LogP contribution in [0.25, 0.3) is 0 Å². The Kier molecular flexibility index (Phi) is 4.49. The molecular weight excluding hydrogens is 200 g/mol. The largest absolute Gasteiger partial charge is 0.396 e. The van der Waals surface area contributed by atoms with Crippen LogP contribution in [0.3, 0.4) is 0 Å². The van der Waals surface area contributed by atoms with Gasteiger partial charge in [0.25, 0.3) is 0 Å². The van der Waals surface area contributed by atoms with Gasteiger partial charge in [-0.25, -0.2) is 8.78 Å². The van der Waals surface area contributed by atoms with Crippen molar-refractivity contribution in [2.75, 3.05) is 25.1 Å². The van der Waals surface area contributed by atoms with Gasteiger partial charge in [-0.2, -0.15) is 0 Å². The van der Waals surface area contributed by atoms with Crippen LogP contribution in [0, 0.1) is 11.6 Å². The molecule has 2 nitrogen and oxygen atoms in total. The van der Waals surface area contributed by atoms with Gasteiger partial charge in [0.05, 0.1) is 5.69 Å². The number of unbranched alkanes of at least 4 members (excludes halogenated alkanes) is 1. The van der Waals surface area contributed by atoms with Crippen molar-refractivity contribution in [3.05, 3.63) is 29.8 Å². The molecule has 0 amide bonds. The van der Waals surface area contributed by atoms with Gasteiger partial charge in [0.1, 0.15) is 11.6 Å². The molecule has 0 bridgehead atoms. The first-order valence-electron chi connectivity index (χ1n) is 4.92. The summed E-state index contributed by atoms with van der Waals surface area (Å²) in [6.45, 7) is 0.723. The predicted molar refractivity (Wildman–Crippen MR) is 55.9 cm³/mol. The minimum atomic E-state index is -0.444. The average Bonchev–Trinajstić information content (AvgIpc) is 2.22. The zero-order valence-electron chi connectivity index (χ0n) is 8.71. The zero-order chi connectivity index (χ0) is 11.3. The lowest BCUT2D eigenvalue weighted by atomic mass is 10.2. The molecule has 0 radical (unpaired) electrons. The number of anilines is 1. The van der Waals surface area contributed by atoms with Gasteiger partial charge in [-0.1, -0.05) is 0 Å². The van der Waals surface area contributed by atoms with Gasteiger partial charge >= 0.3 is 0 Å². The Bertz CT molecular complexity index is 317. The molecule has 0 atom stereocenters. The smallest absolute Gasteiger partial charge is 0.146 e. The van der Waals surface area contributed by atoms with Gasteiger partial charge in [0.2, 0.25) is 0 Å². The minimum Gasteiger partial charge on any atom is -0.396 e. The SMILES string of the molecule is CN(CCCCO)c1cc(F)ccc1F. The maximum absolute atomic E-state index is 13.3. The summed E-state index contributed by atoms with van der Waals surface area (Å²) in [5.74, 6) is -0.872. The number of hydrogen-bond donors (Lipinski definition) is 1. The van der Waals surface area contributed by atoms with Gasteiger partial charge < -0.3 is 10.0 Å². The van der Waals surface area contributed by atoms with E-state index in [0.717, 1.165) is 18.6 Å². The van der Waals surface area contributed by atoms with Gasteiger partial charge in [-0.05, 0) is 25.0 Å². The molecule has 1 aromatic carbocycles. The van der Waals surface area contributed by atoms with E-state index in [1.165, 1.54) is 6.07 Å². The molecule has 0 spiro atoms. The average molecular weight is 215 g/mol. The third-order valence-electron chi connectivity index (χ3n) is 2.22. The molecule has 0 saturated carbocycles. The van der Waals surface area contributed by atoms with E-state index in [9.17, 15) is 8.78 Å². The molecule has 84 valence electrons. The van der Waals surface area contributed by atoms with E-state index in [0.29, 0.717) is 13.0 Å². The van der Waals surface area contributed by atoms with Gasteiger partial charge in [-0.3, -0.25) is 0 Å². The normalized spacial score (nSPS) is 10.4. The molecule has 0 saturated heterocycles. The van der Waals surface area contributed by atoms with E-state index in [-0.39, 0.29) is 12.3 Å². The van der Waals surface area contributed by atoms with Crippen molar-refractivity contribution >= 4 is 5.69 Å². The second-order valence-electron chi connectivity index (χ2n) is 3.45. The van der Waals surface area contributed by atoms with E-state index in [4.69, 9.17) is 5.11 Å². The lowest BCUT2D eigenvalue weighted by molar-refractivity contribution is 0.285. The summed E-state index contributed by atoms with van der Waals surface area (Å²) in [6.07, 6.45) is 1.42. The van der Waals surface area contributed by atoms with Crippen LogP contribution in [0.4, 0.5) is 14.5 Å². The summed E-state index contributed by atoms with van der Waals surface area (Å²) in [7, 11) is 1.70. The number of nitrogens with zero attached hydrogens (tertiary/aromatic N) is 1. The molecule has 1 rings (SSSR count). The second kappa shape index (κ2) is 5.66. The maximum Gasteiger partial charge on any atom is 0.146 e. The van der Waals surface area contributed by atoms with Crippen molar-refractivity contribution in [2.24, 2.45) is 0 Å². The van der Waals surface area contributed by atoms with E-state index in [1.807, 2.05) is 0 Å². The van der Waals surface area contributed by atoms with E-state index in [2.05, 4.69) is 0 Å². The van der Waals surface area contributed by atoms with Gasteiger partial charge in [-0.15, -0.1) is 0 Å². The van der Waals surface area contributed by atoms with Crippen LogP contribution in [0.1, 0.15) is 12.8 Å². The standard InChI is InChI=1S/C11H15F2NO/c1-14(6-2-3-7-15)11-8-9(12)4-5-10(11)13/h4-5,8,15H,2-3,6-7H2,1H3. The molecule has 0 aromatic heterocycles. The highest BCUT2D eigenvalue weighted by Crippen LogP contribution is 2.19. The molecule has 1 aromatic rings. The zero-order valence-corrected chi connectivity index (χ0v) is 8.71. The van der Waals surface area contributed by atoms with Crippen molar-refractivity contribution in [1.82, 2.24) is 0 Å². The number of aliphatic hydroxyl groups is 1. The lowest BCUT2D eigenvalue weighted by Crippen LogP contribution is -2.20. The highest BCUT2D eigenvalue weighted by atomic mass is 19.1. The molecule has 0 aliphatic rings. The Hall–Kier alpha value is -1.16. The molecular formula is C11H15F2NO. The van der Waals surface area contributed by atoms with E-state index < -0.39 is 11.6 Å². The quantitative estimate of drug-likeness (QED) is 0.761. The van der Waals surface area contributed by atoms with E-state index >= 15 is 0 Å². The van der Waals surface area contributed by atoms with Crippen molar-refractivity contribution in [1.29, 1.82) is 0 Å². The van der Waals surface area contributed by atoms with Gasteiger partial charge in [0, 0.05) is 26.3 Å². The third kappa shape index (κ3) is 3.47. The Balaban J connectivity index is 2.64. The molecule has 0 aliphatic heterocycles. The Morgan fingerprint density at radius 2 is 2.00 bits per heavy atom. The summed E-state index contributed by atoms with van der Waals surface area (Å²) in [4.78, 5) is 1.65. The number of benzene rings is 1. The summed E-state index contributed by atoms with van der Waals surface area (Å²) in [5.41, 5.74) is 0.257. The second-order valence-corrected chi connectivity index (χ2v) is 3.45.